The molecule has 0 fully saturated rings. The summed E-state index contributed by atoms with van der Waals surface area (Å²) in [6, 6.07) is 2.01. The largest absolute Gasteiger partial charge is 0.263 e. The van der Waals surface area contributed by atoms with Gasteiger partial charge in [0.25, 0.3) is 0 Å². The van der Waals surface area contributed by atoms with Gasteiger partial charge in [-0.1, -0.05) is 0 Å². The van der Waals surface area contributed by atoms with Crippen molar-refractivity contribution in [2.45, 2.75) is 6.92 Å². The zero-order valence-corrected chi connectivity index (χ0v) is 4.55. The van der Waals surface area contributed by atoms with Crippen molar-refractivity contribution in [2.75, 3.05) is 0 Å². The van der Waals surface area contributed by atoms with Crippen molar-refractivity contribution in [1.29, 1.82) is 5.26 Å². The van der Waals surface area contributed by atoms with Crippen LogP contribution in [0.5, 0.6) is 0 Å². The van der Waals surface area contributed by atoms with Crippen LogP contribution in [0.25, 0.3) is 0 Å². The van der Waals surface area contributed by atoms with E-state index in [1.165, 1.54) is 0 Å². The Morgan fingerprint density at radius 1 is 1.62 bits per heavy atom. The molecule has 0 aliphatic carbocycles. The van der Waals surface area contributed by atoms with Crippen LogP contribution in [0.2, 0.25) is 0 Å². The Balaban J connectivity index is 2.86. The fourth-order valence-electron chi connectivity index (χ4n) is 0.512. The van der Waals surface area contributed by atoms with E-state index in [9.17, 15) is 0 Å². The highest BCUT2D eigenvalue weighted by Crippen LogP contribution is 2.10. The number of nitriles is 1. The summed E-state index contributed by atoms with van der Waals surface area (Å²) in [5, 5.41) is 12.1. The minimum absolute atomic E-state index is 0.671. The second kappa shape index (κ2) is 1.71. The maximum atomic E-state index is 8.32. The smallest absolute Gasteiger partial charge is 0.101 e. The van der Waals surface area contributed by atoms with Crippen LogP contribution in [0.15, 0.2) is 23.5 Å². The highest BCUT2D eigenvalue weighted by molar-refractivity contribution is 5.43. The molecule has 1 heterocycles. The lowest BCUT2D eigenvalue weighted by atomic mass is 10.2. The first kappa shape index (κ1) is 4.92. The number of hydrogen-bond acceptors (Lipinski definition) is 1. The van der Waals surface area contributed by atoms with Gasteiger partial charge >= 0.3 is 0 Å². The van der Waals surface area contributed by atoms with Crippen LogP contribution < -0.4 is 5.32 Å². The van der Waals surface area contributed by atoms with Crippen LogP contribution in [-0.2, 0) is 0 Å². The maximum absolute atomic E-state index is 8.32. The van der Waals surface area contributed by atoms with Crippen LogP contribution in [-0.4, -0.2) is 0 Å². The van der Waals surface area contributed by atoms with Gasteiger partial charge in [0, 0.05) is 12.4 Å². The van der Waals surface area contributed by atoms with Crippen molar-refractivity contribution in [3.8, 4) is 6.07 Å². The Kier molecular flexibility index (Phi) is 1.05. The van der Waals surface area contributed by atoms with Gasteiger partial charge in [0.1, 0.15) is 6.07 Å². The third kappa shape index (κ3) is 0.584. The molecule has 0 aromatic carbocycles. The van der Waals surface area contributed by atoms with Crippen molar-refractivity contribution in [3.05, 3.63) is 23.5 Å². The van der Waals surface area contributed by atoms with Gasteiger partial charge in [0.2, 0.25) is 0 Å². The normalized spacial score (nSPS) is 16.0. The van der Waals surface area contributed by atoms with Gasteiger partial charge in [-0.2, -0.15) is 5.26 Å². The van der Waals surface area contributed by atoms with Gasteiger partial charge in [-0.05, 0) is 12.5 Å². The molecule has 0 saturated heterocycles. The van der Waals surface area contributed by atoms with Gasteiger partial charge in [0.15, 0.2) is 0 Å². The Hall–Kier alpha value is -1.23. The average Bonchev–Trinajstić information content (AvgIpc) is 2.14. The monoisotopic (exact) mass is 105 g/mol. The molecule has 0 aromatic rings. The average molecular weight is 105 g/mol. The van der Waals surface area contributed by atoms with E-state index in [4.69, 9.17) is 5.26 Å². The van der Waals surface area contributed by atoms with Crippen molar-refractivity contribution >= 4 is 0 Å². The summed E-state index contributed by atoms with van der Waals surface area (Å²) >= 11 is 0. The second-order valence-corrected chi connectivity index (χ2v) is 1.62. The number of allylic oxidation sites excluding steroid dienone is 2. The fourth-order valence-corrected chi connectivity index (χ4v) is 0.512. The van der Waals surface area contributed by atoms with E-state index in [0.717, 1.165) is 5.57 Å². The summed E-state index contributed by atoms with van der Waals surface area (Å²) in [7, 11) is 0. The Morgan fingerprint density at radius 3 is 2.62 bits per heavy atom. The summed E-state index contributed by atoms with van der Waals surface area (Å²) in [4.78, 5) is 0. The lowest BCUT2D eigenvalue weighted by molar-refractivity contribution is 1.20. The summed E-state index contributed by atoms with van der Waals surface area (Å²) in [6.07, 6.45) is 3.24. The van der Waals surface area contributed by atoms with Gasteiger partial charge in [0.05, 0.1) is 5.57 Å². The molecule has 2 heteroatoms. The lowest BCUT2D eigenvalue weighted by Gasteiger charge is -1.81. The van der Waals surface area contributed by atoms with E-state index in [-0.39, 0.29) is 0 Å². The van der Waals surface area contributed by atoms with Gasteiger partial charge < -0.3 is 0 Å². The molecule has 1 aliphatic heterocycles. The molecule has 0 spiro atoms. The van der Waals surface area contributed by atoms with Gasteiger partial charge in [-0.3, -0.25) is 5.32 Å². The molecule has 8 heavy (non-hydrogen) atoms. The minimum Gasteiger partial charge on any atom is -0.263 e. The second-order valence-electron chi connectivity index (χ2n) is 1.62. The van der Waals surface area contributed by atoms with Crippen LogP contribution >= 0.6 is 0 Å². The molecule has 2 nitrogen and oxygen atoms in total. The first-order valence-corrected chi connectivity index (χ1v) is 2.32. The molecule has 39 valence electrons. The van der Waals surface area contributed by atoms with Crippen molar-refractivity contribution in [2.24, 2.45) is 0 Å². The maximum Gasteiger partial charge on any atom is 0.101 e. The van der Waals surface area contributed by atoms with Crippen LogP contribution in [0.4, 0.5) is 0 Å². The van der Waals surface area contributed by atoms with Crippen molar-refractivity contribution in [3.63, 3.8) is 0 Å². The van der Waals surface area contributed by atoms with Crippen LogP contribution in [0, 0.1) is 11.3 Å². The fraction of sp³-hybridized carbons (Fsp3) is 0.167. The van der Waals surface area contributed by atoms with E-state index < -0.39 is 0 Å². The van der Waals surface area contributed by atoms with Crippen molar-refractivity contribution in [1.82, 2.24) is 5.32 Å². The quantitative estimate of drug-likeness (QED) is 0.451. The zero-order valence-electron chi connectivity index (χ0n) is 4.55. The molecule has 0 aromatic heterocycles. The molecular formula is C6H5N2. The first-order valence-electron chi connectivity index (χ1n) is 2.32. The Bertz CT molecular complexity index is 193. The number of hydrogen-bond donors (Lipinski definition) is 0. The minimum atomic E-state index is 0.671. The number of rotatable bonds is 0. The van der Waals surface area contributed by atoms with E-state index >= 15 is 0 Å². The molecule has 0 bridgehead atoms. The highest BCUT2D eigenvalue weighted by Gasteiger charge is 2.02. The molecule has 1 rings (SSSR count). The molecule has 0 amide bonds. The molecular weight excluding hydrogens is 100 g/mol. The predicted molar refractivity (Wildman–Crippen MR) is 29.6 cm³/mol. The van der Waals surface area contributed by atoms with Gasteiger partial charge in [-0.25, -0.2) is 0 Å². The lowest BCUT2D eigenvalue weighted by Crippen LogP contribution is -1.72. The molecule has 1 aliphatic rings. The molecule has 0 unspecified atom stereocenters. The van der Waals surface area contributed by atoms with Crippen LogP contribution in [0.3, 0.4) is 0 Å². The molecule has 1 radical (unpaired) electrons. The van der Waals surface area contributed by atoms with E-state index in [0.29, 0.717) is 5.57 Å². The zero-order chi connectivity index (χ0) is 5.98. The summed E-state index contributed by atoms with van der Waals surface area (Å²) in [6.45, 7) is 1.87. The third-order valence-corrected chi connectivity index (χ3v) is 1.02. The predicted octanol–water partition coefficient (Wildman–Crippen LogP) is 0.916. The topological polar surface area (TPSA) is 37.9 Å². The standard InChI is InChI=1S/C6H5N2/c1-5-3-8-4-6(5)2-7/h3-4H,1H3. The Morgan fingerprint density at radius 2 is 2.38 bits per heavy atom. The van der Waals surface area contributed by atoms with Crippen LogP contribution in [0.1, 0.15) is 6.92 Å². The molecule has 0 saturated carbocycles. The summed E-state index contributed by atoms with van der Waals surface area (Å²) in [5.41, 5.74) is 1.62. The Labute approximate surface area is 48.1 Å². The van der Waals surface area contributed by atoms with Crippen molar-refractivity contribution < 1.29 is 0 Å². The molecule has 0 N–H and O–H groups in total. The van der Waals surface area contributed by atoms with Gasteiger partial charge in [-0.15, -0.1) is 0 Å². The van der Waals surface area contributed by atoms with E-state index in [2.05, 4.69) is 5.32 Å². The summed E-state index contributed by atoms with van der Waals surface area (Å²) < 4.78 is 0. The summed E-state index contributed by atoms with van der Waals surface area (Å²) in [5.74, 6) is 0. The van der Waals surface area contributed by atoms with E-state index in [1.54, 1.807) is 12.4 Å². The molecule has 0 atom stereocenters. The van der Waals surface area contributed by atoms with E-state index in [1.807, 2.05) is 13.0 Å². The first-order chi connectivity index (χ1) is 3.84. The number of nitrogens with zero attached hydrogens (tertiary/aromatic N) is 2. The highest BCUT2D eigenvalue weighted by atomic mass is 14.8. The third-order valence-electron chi connectivity index (χ3n) is 1.02. The SMILES string of the molecule is CC1=C[N]C=C1C#N.